The Balaban J connectivity index is 2.48. The van der Waals surface area contributed by atoms with E-state index in [4.69, 9.17) is 5.11 Å². The molecule has 0 bridgehead atoms. The van der Waals surface area contributed by atoms with Gasteiger partial charge in [-0.3, -0.25) is 0 Å². The molecule has 0 radical (unpaired) electrons. The van der Waals surface area contributed by atoms with Gasteiger partial charge in [-0.15, -0.1) is 0 Å². The van der Waals surface area contributed by atoms with Crippen LogP contribution in [0.5, 0.6) is 0 Å². The highest BCUT2D eigenvalue weighted by atomic mass is 16.4. The van der Waals surface area contributed by atoms with Gasteiger partial charge in [-0.1, -0.05) is 0 Å². The summed E-state index contributed by atoms with van der Waals surface area (Å²) in [5.41, 5.74) is 1.40. The second kappa shape index (κ2) is 3.76. The van der Waals surface area contributed by atoms with Gasteiger partial charge in [-0.05, 0) is 39.0 Å². The van der Waals surface area contributed by atoms with Crippen molar-refractivity contribution >= 4 is 22.7 Å². The monoisotopic (exact) mass is 233 g/mol. The normalized spacial score (nSPS) is 11.7. The van der Waals surface area contributed by atoms with E-state index in [1.807, 2.05) is 32.9 Å². The van der Waals surface area contributed by atoms with Crippen molar-refractivity contribution in [2.45, 2.75) is 26.3 Å². The highest BCUT2D eigenvalue weighted by molar-refractivity contribution is 5.89. The van der Waals surface area contributed by atoms with E-state index in [1.54, 1.807) is 12.3 Å². The Morgan fingerprint density at radius 1 is 1.41 bits per heavy atom. The van der Waals surface area contributed by atoms with Crippen LogP contribution in [0.1, 0.15) is 20.8 Å². The average Bonchev–Trinajstić information content (AvgIpc) is 2.57. The minimum atomic E-state index is -1.08. The lowest BCUT2D eigenvalue weighted by atomic mass is 10.1. The number of carboxylic acid groups (broad SMARTS) is 1. The van der Waals surface area contributed by atoms with Crippen LogP contribution < -0.4 is 5.32 Å². The van der Waals surface area contributed by atoms with Gasteiger partial charge in [0.2, 0.25) is 0 Å². The Kier molecular flexibility index (Phi) is 2.53. The SMILES string of the molecule is CC(C)(C)Nc1ccc2cnn(C(=O)O)c2c1. The van der Waals surface area contributed by atoms with E-state index < -0.39 is 6.09 Å². The van der Waals surface area contributed by atoms with E-state index in [9.17, 15) is 4.79 Å². The van der Waals surface area contributed by atoms with E-state index in [-0.39, 0.29) is 5.54 Å². The molecule has 2 aromatic rings. The summed E-state index contributed by atoms with van der Waals surface area (Å²) in [6, 6.07) is 5.57. The number of nitrogens with zero attached hydrogens (tertiary/aromatic N) is 2. The van der Waals surface area contributed by atoms with E-state index in [1.165, 1.54) is 0 Å². The van der Waals surface area contributed by atoms with Gasteiger partial charge < -0.3 is 10.4 Å². The van der Waals surface area contributed by atoms with Crippen molar-refractivity contribution < 1.29 is 9.90 Å². The second-order valence-corrected chi connectivity index (χ2v) is 4.99. The standard InChI is InChI=1S/C12H15N3O2/c1-12(2,3)14-9-5-4-8-7-13-15(11(16)17)10(8)6-9/h4-7,14H,1-3H3,(H,16,17). The average molecular weight is 233 g/mol. The van der Waals surface area contributed by atoms with Crippen molar-refractivity contribution in [2.75, 3.05) is 5.32 Å². The highest BCUT2D eigenvalue weighted by Crippen LogP contribution is 2.21. The van der Waals surface area contributed by atoms with E-state index >= 15 is 0 Å². The molecule has 0 atom stereocenters. The van der Waals surface area contributed by atoms with Crippen molar-refractivity contribution in [3.63, 3.8) is 0 Å². The Labute approximate surface area is 99.1 Å². The molecule has 0 aliphatic heterocycles. The molecule has 2 rings (SSSR count). The van der Waals surface area contributed by atoms with Crippen LogP contribution in [0.3, 0.4) is 0 Å². The van der Waals surface area contributed by atoms with Crippen LogP contribution in [0.25, 0.3) is 10.9 Å². The third kappa shape index (κ3) is 2.38. The van der Waals surface area contributed by atoms with Crippen LogP contribution in [-0.2, 0) is 0 Å². The van der Waals surface area contributed by atoms with Crippen LogP contribution in [0.2, 0.25) is 0 Å². The number of fused-ring (bicyclic) bond motifs is 1. The zero-order chi connectivity index (χ0) is 12.6. The summed E-state index contributed by atoms with van der Waals surface area (Å²) in [6.07, 6.45) is 0.470. The Morgan fingerprint density at radius 3 is 2.71 bits per heavy atom. The lowest BCUT2D eigenvalue weighted by Gasteiger charge is -2.22. The van der Waals surface area contributed by atoms with Gasteiger partial charge in [-0.2, -0.15) is 9.78 Å². The van der Waals surface area contributed by atoms with Crippen LogP contribution in [0, 0.1) is 0 Å². The van der Waals surface area contributed by atoms with Gasteiger partial charge in [0.05, 0.1) is 11.7 Å². The predicted molar refractivity (Wildman–Crippen MR) is 66.5 cm³/mol. The zero-order valence-corrected chi connectivity index (χ0v) is 10.1. The molecule has 90 valence electrons. The lowest BCUT2D eigenvalue weighted by molar-refractivity contribution is 0.194. The van der Waals surface area contributed by atoms with Gasteiger partial charge >= 0.3 is 6.09 Å². The molecule has 0 amide bonds. The molecule has 5 nitrogen and oxygen atoms in total. The van der Waals surface area contributed by atoms with E-state index in [0.29, 0.717) is 5.52 Å². The molecule has 1 aromatic carbocycles. The van der Waals surface area contributed by atoms with Crippen LogP contribution in [-0.4, -0.2) is 26.5 Å². The first-order chi connectivity index (χ1) is 7.87. The highest BCUT2D eigenvalue weighted by Gasteiger charge is 2.12. The molecular formula is C12H15N3O2. The zero-order valence-electron chi connectivity index (χ0n) is 10.1. The van der Waals surface area contributed by atoms with Crippen molar-refractivity contribution in [1.29, 1.82) is 0 Å². The molecule has 1 heterocycles. The fraction of sp³-hybridized carbons (Fsp3) is 0.333. The van der Waals surface area contributed by atoms with E-state index in [2.05, 4.69) is 10.4 Å². The number of hydrogen-bond donors (Lipinski definition) is 2. The Bertz CT molecular complexity index is 567. The minimum absolute atomic E-state index is 0.0677. The van der Waals surface area contributed by atoms with Gasteiger partial charge in [0.1, 0.15) is 0 Å². The summed E-state index contributed by atoms with van der Waals surface area (Å²) in [5, 5.41) is 16.9. The van der Waals surface area contributed by atoms with Crippen LogP contribution in [0.4, 0.5) is 10.5 Å². The molecule has 2 N–H and O–H groups in total. The number of rotatable bonds is 1. The molecule has 0 unspecified atom stereocenters. The van der Waals surface area contributed by atoms with E-state index in [0.717, 1.165) is 15.8 Å². The Hall–Kier alpha value is -2.04. The number of carbonyl (C=O) groups is 1. The van der Waals surface area contributed by atoms with Gasteiger partial charge in [-0.25, -0.2) is 4.79 Å². The third-order valence-corrected chi connectivity index (χ3v) is 2.27. The fourth-order valence-corrected chi connectivity index (χ4v) is 1.68. The molecule has 1 aromatic heterocycles. The maximum absolute atomic E-state index is 11.0. The first-order valence-electron chi connectivity index (χ1n) is 5.36. The molecular weight excluding hydrogens is 218 g/mol. The van der Waals surface area contributed by atoms with Gasteiger partial charge in [0.25, 0.3) is 0 Å². The molecule has 0 spiro atoms. The topological polar surface area (TPSA) is 67.2 Å². The van der Waals surface area contributed by atoms with Crippen LogP contribution >= 0.6 is 0 Å². The quantitative estimate of drug-likeness (QED) is 0.794. The number of anilines is 1. The molecule has 0 aliphatic carbocycles. The number of hydrogen-bond acceptors (Lipinski definition) is 3. The molecule has 5 heteroatoms. The molecule has 17 heavy (non-hydrogen) atoms. The predicted octanol–water partition coefficient (Wildman–Crippen LogP) is 2.77. The maximum atomic E-state index is 11.0. The minimum Gasteiger partial charge on any atom is -0.463 e. The lowest BCUT2D eigenvalue weighted by Crippen LogP contribution is -2.26. The van der Waals surface area contributed by atoms with Crippen molar-refractivity contribution in [1.82, 2.24) is 9.78 Å². The van der Waals surface area contributed by atoms with Gasteiger partial charge in [0.15, 0.2) is 0 Å². The number of aromatic nitrogens is 2. The summed E-state index contributed by atoms with van der Waals surface area (Å²) >= 11 is 0. The Morgan fingerprint density at radius 2 is 2.12 bits per heavy atom. The smallest absolute Gasteiger partial charge is 0.432 e. The third-order valence-electron chi connectivity index (χ3n) is 2.27. The first kappa shape index (κ1) is 11.4. The van der Waals surface area contributed by atoms with Crippen LogP contribution in [0.15, 0.2) is 24.4 Å². The molecule has 0 saturated carbocycles. The first-order valence-corrected chi connectivity index (χ1v) is 5.36. The molecule has 0 aliphatic rings. The largest absolute Gasteiger partial charge is 0.463 e. The fourth-order valence-electron chi connectivity index (χ4n) is 1.68. The maximum Gasteiger partial charge on any atom is 0.432 e. The summed E-state index contributed by atoms with van der Waals surface area (Å²) in [7, 11) is 0. The second-order valence-electron chi connectivity index (χ2n) is 4.99. The number of nitrogens with one attached hydrogen (secondary N) is 1. The summed E-state index contributed by atoms with van der Waals surface area (Å²) < 4.78 is 0.975. The molecule has 0 fully saturated rings. The number of benzene rings is 1. The summed E-state index contributed by atoms with van der Waals surface area (Å²) in [5.74, 6) is 0. The van der Waals surface area contributed by atoms with Crippen molar-refractivity contribution in [3.05, 3.63) is 24.4 Å². The summed E-state index contributed by atoms with van der Waals surface area (Å²) in [4.78, 5) is 11.0. The van der Waals surface area contributed by atoms with Crippen molar-refractivity contribution in [2.24, 2.45) is 0 Å². The summed E-state index contributed by atoms with van der Waals surface area (Å²) in [6.45, 7) is 6.14. The molecule has 0 saturated heterocycles. The van der Waals surface area contributed by atoms with Gasteiger partial charge in [0, 0.05) is 16.6 Å². The van der Waals surface area contributed by atoms with Crippen molar-refractivity contribution in [3.8, 4) is 0 Å².